The van der Waals surface area contributed by atoms with E-state index in [0.29, 0.717) is 10.7 Å². The molecule has 0 saturated carbocycles. The van der Waals surface area contributed by atoms with Gasteiger partial charge in [-0.15, -0.1) is 20.4 Å². The maximum Gasteiger partial charge on any atom is 0.230 e. The quantitative estimate of drug-likeness (QED) is 0.530. The highest BCUT2D eigenvalue weighted by molar-refractivity contribution is 7.15. The highest BCUT2D eigenvalue weighted by Crippen LogP contribution is 2.20. The van der Waals surface area contributed by atoms with Gasteiger partial charge in [0.25, 0.3) is 0 Å². The molecule has 1 amide bonds. The molecule has 0 aliphatic heterocycles. The fourth-order valence-corrected chi connectivity index (χ4v) is 3.94. The molecule has 27 heavy (non-hydrogen) atoms. The first-order valence-electron chi connectivity index (χ1n) is 8.49. The Morgan fingerprint density at radius 1 is 1.04 bits per heavy atom. The lowest BCUT2D eigenvalue weighted by atomic mass is 10.1. The molecule has 2 heterocycles. The Morgan fingerprint density at radius 3 is 2.33 bits per heavy atom. The summed E-state index contributed by atoms with van der Waals surface area (Å²) in [7, 11) is 1.83. The number of aryl methyl sites for hydroxylation is 2. The molecule has 0 aliphatic rings. The van der Waals surface area contributed by atoms with Crippen LogP contribution in [0.2, 0.25) is 0 Å². The molecule has 0 unspecified atom stereocenters. The summed E-state index contributed by atoms with van der Waals surface area (Å²) in [6.45, 7) is 0. The van der Waals surface area contributed by atoms with Crippen molar-refractivity contribution in [3.63, 3.8) is 0 Å². The van der Waals surface area contributed by atoms with Crippen LogP contribution in [0.5, 0.6) is 0 Å². The molecule has 3 aromatic rings. The summed E-state index contributed by atoms with van der Waals surface area (Å²) in [6, 6.07) is 6.00. The second kappa shape index (κ2) is 9.47. The van der Waals surface area contributed by atoms with Crippen LogP contribution in [-0.2, 0) is 24.1 Å². The Balaban J connectivity index is 1.40. The van der Waals surface area contributed by atoms with Gasteiger partial charge in [-0.3, -0.25) is 4.79 Å². The Bertz CT molecular complexity index is 897. The van der Waals surface area contributed by atoms with E-state index in [1.165, 1.54) is 23.5 Å². The predicted molar refractivity (Wildman–Crippen MR) is 105 cm³/mol. The Hall–Kier alpha value is -2.46. The second-order valence-electron chi connectivity index (χ2n) is 5.81. The number of carbonyl (C=O) groups is 1. The van der Waals surface area contributed by atoms with Crippen molar-refractivity contribution < 1.29 is 9.18 Å². The smallest absolute Gasteiger partial charge is 0.230 e. The average Bonchev–Trinajstić information content (AvgIpc) is 3.28. The number of hydrogen-bond acceptors (Lipinski definition) is 8. The van der Waals surface area contributed by atoms with Gasteiger partial charge in [0, 0.05) is 19.9 Å². The van der Waals surface area contributed by atoms with Crippen molar-refractivity contribution in [1.82, 2.24) is 20.4 Å². The number of carbonyl (C=O) groups excluding carboxylic acids is 1. The molecule has 0 radical (unpaired) electrons. The van der Waals surface area contributed by atoms with Crippen LogP contribution in [0.3, 0.4) is 0 Å². The molecular formula is C17H19FN6OS2. The lowest BCUT2D eigenvalue weighted by molar-refractivity contribution is -0.115. The molecule has 3 rings (SSSR count). The molecule has 2 N–H and O–H groups in total. The van der Waals surface area contributed by atoms with E-state index in [4.69, 9.17) is 0 Å². The first kappa shape index (κ1) is 19.3. The minimum absolute atomic E-state index is 0.100. The van der Waals surface area contributed by atoms with Gasteiger partial charge in [-0.25, -0.2) is 4.39 Å². The van der Waals surface area contributed by atoms with Crippen LogP contribution in [0.15, 0.2) is 24.3 Å². The zero-order chi connectivity index (χ0) is 19.1. The Kier molecular flexibility index (Phi) is 6.77. The third-order valence-corrected chi connectivity index (χ3v) is 5.58. The summed E-state index contributed by atoms with van der Waals surface area (Å²) >= 11 is 2.93. The summed E-state index contributed by atoms with van der Waals surface area (Å²) < 4.78 is 13.2. The van der Waals surface area contributed by atoms with E-state index < -0.39 is 0 Å². The maximum absolute atomic E-state index is 13.2. The fourth-order valence-electron chi connectivity index (χ4n) is 2.41. The number of nitrogens with zero attached hydrogens (tertiary/aromatic N) is 4. The third kappa shape index (κ3) is 6.04. The molecule has 7 nitrogen and oxygen atoms in total. The number of rotatable bonds is 9. The molecule has 0 spiro atoms. The van der Waals surface area contributed by atoms with Crippen LogP contribution in [0, 0.1) is 5.82 Å². The summed E-state index contributed by atoms with van der Waals surface area (Å²) in [4.78, 5) is 12.0. The second-order valence-corrected chi connectivity index (χ2v) is 7.94. The van der Waals surface area contributed by atoms with Gasteiger partial charge in [0.2, 0.25) is 16.2 Å². The summed E-state index contributed by atoms with van der Waals surface area (Å²) in [5.41, 5.74) is 0.621. The minimum atomic E-state index is -0.353. The average molecular weight is 407 g/mol. The van der Waals surface area contributed by atoms with Gasteiger partial charge < -0.3 is 10.6 Å². The molecule has 2 aromatic heterocycles. The van der Waals surface area contributed by atoms with Gasteiger partial charge in [-0.05, 0) is 30.5 Å². The topological polar surface area (TPSA) is 92.7 Å². The number of halogens is 1. The van der Waals surface area contributed by atoms with E-state index in [-0.39, 0.29) is 18.1 Å². The molecule has 1 aromatic carbocycles. The van der Waals surface area contributed by atoms with Crippen molar-refractivity contribution in [2.24, 2.45) is 0 Å². The molecule has 10 heteroatoms. The van der Waals surface area contributed by atoms with Crippen molar-refractivity contribution in [2.75, 3.05) is 17.7 Å². The van der Waals surface area contributed by atoms with Gasteiger partial charge in [0.05, 0.1) is 6.42 Å². The van der Waals surface area contributed by atoms with E-state index in [9.17, 15) is 9.18 Å². The largest absolute Gasteiger partial charge is 0.363 e. The molecule has 0 atom stereocenters. The van der Waals surface area contributed by atoms with Crippen LogP contribution in [-0.4, -0.2) is 33.3 Å². The third-order valence-electron chi connectivity index (χ3n) is 3.68. The van der Waals surface area contributed by atoms with E-state index in [1.807, 2.05) is 7.05 Å². The number of benzene rings is 1. The molecule has 0 aliphatic carbocycles. The summed E-state index contributed by atoms with van der Waals surface area (Å²) in [5, 5.41) is 25.1. The number of aromatic nitrogens is 4. The summed E-state index contributed by atoms with van der Waals surface area (Å²) in [5.74, 6) is -0.589. The van der Waals surface area contributed by atoms with E-state index in [2.05, 4.69) is 31.0 Å². The van der Waals surface area contributed by atoms with Gasteiger partial charge in [-0.1, -0.05) is 34.8 Å². The zero-order valence-electron chi connectivity index (χ0n) is 14.7. The number of nitrogens with one attached hydrogen (secondary N) is 2. The minimum Gasteiger partial charge on any atom is -0.363 e. The molecule has 142 valence electrons. The van der Waals surface area contributed by atoms with Gasteiger partial charge >= 0.3 is 0 Å². The lowest BCUT2D eigenvalue weighted by Crippen LogP contribution is -2.14. The van der Waals surface area contributed by atoms with Crippen molar-refractivity contribution in [2.45, 2.75) is 32.1 Å². The van der Waals surface area contributed by atoms with Crippen molar-refractivity contribution in [3.05, 3.63) is 45.7 Å². The molecular weight excluding hydrogens is 387 g/mol. The van der Waals surface area contributed by atoms with E-state index in [0.717, 1.165) is 40.8 Å². The highest BCUT2D eigenvalue weighted by atomic mass is 32.1. The highest BCUT2D eigenvalue weighted by Gasteiger charge is 2.10. The van der Waals surface area contributed by atoms with Gasteiger partial charge in [-0.2, -0.15) is 0 Å². The molecule has 0 saturated heterocycles. The van der Waals surface area contributed by atoms with Crippen LogP contribution < -0.4 is 10.6 Å². The van der Waals surface area contributed by atoms with Crippen LogP contribution in [0.25, 0.3) is 0 Å². The van der Waals surface area contributed by atoms with Crippen LogP contribution in [0.1, 0.15) is 28.4 Å². The van der Waals surface area contributed by atoms with Crippen LogP contribution in [0.4, 0.5) is 14.7 Å². The predicted octanol–water partition coefficient (Wildman–Crippen LogP) is 3.32. The number of anilines is 2. The number of amides is 1. The molecule has 0 fully saturated rings. The van der Waals surface area contributed by atoms with Crippen LogP contribution >= 0.6 is 22.7 Å². The maximum atomic E-state index is 13.2. The summed E-state index contributed by atoms with van der Waals surface area (Å²) in [6.07, 6.45) is 3.73. The first-order chi connectivity index (χ1) is 13.1. The Labute approximate surface area is 164 Å². The van der Waals surface area contributed by atoms with E-state index >= 15 is 0 Å². The van der Waals surface area contributed by atoms with Gasteiger partial charge in [0.1, 0.15) is 15.8 Å². The Morgan fingerprint density at radius 2 is 1.70 bits per heavy atom. The SMILES string of the molecule is CNc1nnc(CCCCc2nnc(NC(=O)Cc3cccc(F)c3)s2)s1. The number of hydrogen-bond donors (Lipinski definition) is 2. The van der Waals surface area contributed by atoms with Crippen molar-refractivity contribution in [1.29, 1.82) is 0 Å². The number of unbranched alkanes of at least 4 members (excludes halogenated alkanes) is 1. The van der Waals surface area contributed by atoms with Crippen molar-refractivity contribution in [3.8, 4) is 0 Å². The van der Waals surface area contributed by atoms with Gasteiger partial charge in [0.15, 0.2) is 0 Å². The molecule has 0 bridgehead atoms. The van der Waals surface area contributed by atoms with Crippen molar-refractivity contribution >= 4 is 38.8 Å². The standard InChI is InChI=1S/C17H19FN6OS2/c1-19-16-23-21-14(26-16)7-2-3-8-15-22-24-17(27-15)20-13(25)10-11-5-4-6-12(18)9-11/h4-6,9H,2-3,7-8,10H2,1H3,(H,19,23)(H,20,24,25). The first-order valence-corrected chi connectivity index (χ1v) is 10.1. The lowest BCUT2D eigenvalue weighted by Gasteiger charge is -2.01. The zero-order valence-corrected chi connectivity index (χ0v) is 16.4. The van der Waals surface area contributed by atoms with E-state index in [1.54, 1.807) is 23.5 Å². The monoisotopic (exact) mass is 406 g/mol. The normalized spacial score (nSPS) is 10.7. The fraction of sp³-hybridized carbons (Fsp3) is 0.353.